The average Bonchev–Trinajstić information content (AvgIpc) is 2.03. The summed E-state index contributed by atoms with van der Waals surface area (Å²) in [5, 5.41) is 0. The van der Waals surface area contributed by atoms with Gasteiger partial charge in [0.05, 0.1) is 0 Å². The second-order valence-corrected chi connectivity index (χ2v) is 3.20. The predicted octanol–water partition coefficient (Wildman–Crippen LogP) is 0.0419. The molecule has 0 atom stereocenters. The summed E-state index contributed by atoms with van der Waals surface area (Å²) >= 11 is 3.09. The molecule has 0 aliphatic carbocycles. The molecule has 0 radical (unpaired) electrons. The van der Waals surface area contributed by atoms with Gasteiger partial charge in [0.1, 0.15) is 11.4 Å². The van der Waals surface area contributed by atoms with Crippen molar-refractivity contribution >= 4 is 27.7 Å². The zero-order chi connectivity index (χ0) is 10.0. The van der Waals surface area contributed by atoms with E-state index in [1.807, 2.05) is 0 Å². The second kappa shape index (κ2) is 3.53. The van der Waals surface area contributed by atoms with Gasteiger partial charge < -0.3 is 11.5 Å². The predicted molar refractivity (Wildman–Crippen MR) is 49.0 cm³/mol. The highest BCUT2D eigenvalue weighted by Gasteiger charge is 2.09. The molecule has 1 heterocycles. The van der Waals surface area contributed by atoms with Gasteiger partial charge in [-0.05, 0) is 12.1 Å². The summed E-state index contributed by atoms with van der Waals surface area (Å²) in [6, 6.07) is 2.82. The molecule has 0 spiro atoms. The normalized spacial score (nSPS) is 9.62. The molecular formula is C7H6BrN3O2. The maximum absolute atomic E-state index is 10.7. The van der Waals surface area contributed by atoms with Gasteiger partial charge in [-0.25, -0.2) is 4.98 Å². The Bertz CT molecular complexity index is 346. The van der Waals surface area contributed by atoms with Gasteiger partial charge in [-0.15, -0.1) is 0 Å². The monoisotopic (exact) mass is 243 g/mol. The SMILES string of the molecule is NC(=O)c1cc(Br)cc(C(N)=O)n1. The van der Waals surface area contributed by atoms with E-state index < -0.39 is 11.8 Å². The van der Waals surface area contributed by atoms with E-state index in [2.05, 4.69) is 20.9 Å². The quantitative estimate of drug-likeness (QED) is 0.768. The first-order chi connectivity index (χ1) is 6.00. The Morgan fingerprint density at radius 1 is 1.15 bits per heavy atom. The van der Waals surface area contributed by atoms with Gasteiger partial charge in [0.15, 0.2) is 0 Å². The molecule has 2 amide bonds. The van der Waals surface area contributed by atoms with Crippen LogP contribution in [-0.2, 0) is 0 Å². The Hall–Kier alpha value is -1.43. The van der Waals surface area contributed by atoms with E-state index in [1.165, 1.54) is 12.1 Å². The number of aromatic nitrogens is 1. The smallest absolute Gasteiger partial charge is 0.267 e. The third-order valence-corrected chi connectivity index (χ3v) is 1.75. The van der Waals surface area contributed by atoms with Crippen molar-refractivity contribution in [2.75, 3.05) is 0 Å². The highest BCUT2D eigenvalue weighted by atomic mass is 79.9. The van der Waals surface area contributed by atoms with Crippen molar-refractivity contribution < 1.29 is 9.59 Å². The number of primary amides is 2. The molecular weight excluding hydrogens is 238 g/mol. The van der Waals surface area contributed by atoms with Gasteiger partial charge in [-0.2, -0.15) is 0 Å². The van der Waals surface area contributed by atoms with Crippen LogP contribution in [0.5, 0.6) is 0 Å². The molecule has 0 saturated carbocycles. The average molecular weight is 244 g/mol. The number of nitrogens with two attached hydrogens (primary N) is 2. The van der Waals surface area contributed by atoms with Crippen molar-refractivity contribution in [1.82, 2.24) is 4.98 Å². The Balaban J connectivity index is 3.26. The van der Waals surface area contributed by atoms with Crippen LogP contribution in [0.2, 0.25) is 0 Å². The fraction of sp³-hybridized carbons (Fsp3) is 0. The summed E-state index contributed by atoms with van der Waals surface area (Å²) in [6.07, 6.45) is 0. The Morgan fingerprint density at radius 3 is 1.85 bits per heavy atom. The highest BCUT2D eigenvalue weighted by molar-refractivity contribution is 9.10. The molecule has 68 valence electrons. The highest BCUT2D eigenvalue weighted by Crippen LogP contribution is 2.12. The standard InChI is InChI=1S/C7H6BrN3O2/c8-3-1-4(6(9)12)11-5(2-3)7(10)13/h1-2H,(H2,9,12)(H2,10,13). The molecule has 0 bridgehead atoms. The number of halogens is 1. The van der Waals surface area contributed by atoms with Gasteiger partial charge in [0.25, 0.3) is 11.8 Å². The van der Waals surface area contributed by atoms with Crippen LogP contribution in [0.15, 0.2) is 16.6 Å². The van der Waals surface area contributed by atoms with Gasteiger partial charge in [0.2, 0.25) is 0 Å². The van der Waals surface area contributed by atoms with Crippen LogP contribution in [-0.4, -0.2) is 16.8 Å². The molecule has 0 aliphatic heterocycles. The largest absolute Gasteiger partial charge is 0.364 e. The van der Waals surface area contributed by atoms with Crippen LogP contribution in [0, 0.1) is 0 Å². The van der Waals surface area contributed by atoms with E-state index in [0.29, 0.717) is 4.47 Å². The molecule has 13 heavy (non-hydrogen) atoms. The van der Waals surface area contributed by atoms with Crippen LogP contribution < -0.4 is 11.5 Å². The first-order valence-corrected chi connectivity index (χ1v) is 4.07. The molecule has 0 unspecified atom stereocenters. The molecule has 0 aliphatic rings. The minimum atomic E-state index is -0.705. The maximum atomic E-state index is 10.7. The Kier molecular flexibility index (Phi) is 2.62. The van der Waals surface area contributed by atoms with Crippen LogP contribution in [0.3, 0.4) is 0 Å². The lowest BCUT2D eigenvalue weighted by Gasteiger charge is -1.99. The second-order valence-electron chi connectivity index (χ2n) is 2.28. The van der Waals surface area contributed by atoms with Crippen molar-refractivity contribution in [3.8, 4) is 0 Å². The third-order valence-electron chi connectivity index (χ3n) is 1.30. The fourth-order valence-corrected chi connectivity index (χ4v) is 1.18. The number of hydrogen-bond acceptors (Lipinski definition) is 3. The molecule has 4 N–H and O–H groups in total. The number of amides is 2. The number of carbonyl (C=O) groups is 2. The summed E-state index contributed by atoms with van der Waals surface area (Å²) < 4.78 is 0.533. The van der Waals surface area contributed by atoms with Crippen molar-refractivity contribution in [1.29, 1.82) is 0 Å². The van der Waals surface area contributed by atoms with E-state index in [4.69, 9.17) is 11.5 Å². The Morgan fingerprint density at radius 2 is 1.54 bits per heavy atom. The summed E-state index contributed by atoms with van der Waals surface area (Å²) in [5.41, 5.74) is 9.96. The lowest BCUT2D eigenvalue weighted by atomic mass is 10.3. The van der Waals surface area contributed by atoms with Crippen LogP contribution in [0.1, 0.15) is 21.0 Å². The lowest BCUT2D eigenvalue weighted by molar-refractivity contribution is 0.0992. The van der Waals surface area contributed by atoms with E-state index in [0.717, 1.165) is 0 Å². The van der Waals surface area contributed by atoms with E-state index in [1.54, 1.807) is 0 Å². The number of hydrogen-bond donors (Lipinski definition) is 2. The van der Waals surface area contributed by atoms with E-state index in [9.17, 15) is 9.59 Å². The van der Waals surface area contributed by atoms with Crippen LogP contribution in [0.25, 0.3) is 0 Å². The zero-order valence-corrected chi connectivity index (χ0v) is 8.04. The molecule has 1 aromatic heterocycles. The number of pyridine rings is 1. The first-order valence-electron chi connectivity index (χ1n) is 3.28. The molecule has 5 nitrogen and oxygen atoms in total. The van der Waals surface area contributed by atoms with Crippen molar-refractivity contribution in [3.05, 3.63) is 28.0 Å². The van der Waals surface area contributed by atoms with Crippen LogP contribution >= 0.6 is 15.9 Å². The molecule has 0 fully saturated rings. The molecule has 6 heteroatoms. The number of nitrogens with zero attached hydrogens (tertiary/aromatic N) is 1. The summed E-state index contributed by atoms with van der Waals surface area (Å²) in [7, 11) is 0. The van der Waals surface area contributed by atoms with Crippen molar-refractivity contribution in [2.45, 2.75) is 0 Å². The zero-order valence-electron chi connectivity index (χ0n) is 6.45. The first kappa shape index (κ1) is 9.66. The number of carbonyl (C=O) groups excluding carboxylic acids is 2. The van der Waals surface area contributed by atoms with E-state index >= 15 is 0 Å². The Labute approximate surface area is 82.3 Å². The molecule has 0 saturated heterocycles. The van der Waals surface area contributed by atoms with Crippen LogP contribution in [0.4, 0.5) is 0 Å². The lowest BCUT2D eigenvalue weighted by Crippen LogP contribution is -2.18. The van der Waals surface area contributed by atoms with Crippen molar-refractivity contribution in [3.63, 3.8) is 0 Å². The van der Waals surface area contributed by atoms with E-state index in [-0.39, 0.29) is 11.4 Å². The minimum absolute atomic E-state index is 0.00294. The fourth-order valence-electron chi connectivity index (χ4n) is 0.750. The molecule has 0 aromatic carbocycles. The van der Waals surface area contributed by atoms with Gasteiger partial charge >= 0.3 is 0 Å². The summed E-state index contributed by atoms with van der Waals surface area (Å²) in [6.45, 7) is 0. The third kappa shape index (κ3) is 2.25. The van der Waals surface area contributed by atoms with Gasteiger partial charge in [-0.3, -0.25) is 9.59 Å². The number of rotatable bonds is 2. The minimum Gasteiger partial charge on any atom is -0.364 e. The topological polar surface area (TPSA) is 99.1 Å². The molecule has 1 rings (SSSR count). The summed E-state index contributed by atoms with van der Waals surface area (Å²) in [4.78, 5) is 25.1. The maximum Gasteiger partial charge on any atom is 0.267 e. The molecule has 1 aromatic rings. The summed E-state index contributed by atoms with van der Waals surface area (Å²) in [5.74, 6) is -1.41. The van der Waals surface area contributed by atoms with Crippen molar-refractivity contribution in [2.24, 2.45) is 11.5 Å². The van der Waals surface area contributed by atoms with Gasteiger partial charge in [0, 0.05) is 4.47 Å². The van der Waals surface area contributed by atoms with Gasteiger partial charge in [-0.1, -0.05) is 15.9 Å².